The van der Waals surface area contributed by atoms with Crippen molar-refractivity contribution in [2.75, 3.05) is 11.9 Å². The van der Waals surface area contributed by atoms with E-state index in [0.29, 0.717) is 5.92 Å². The van der Waals surface area contributed by atoms with Crippen LogP contribution in [-0.4, -0.2) is 13.0 Å². The van der Waals surface area contributed by atoms with Gasteiger partial charge in [0, 0.05) is 12.7 Å². The van der Waals surface area contributed by atoms with Gasteiger partial charge in [-0.3, -0.25) is 4.79 Å². The molecule has 1 atom stereocenters. The molecule has 0 bridgehead atoms. The maximum atomic E-state index is 12.6. The van der Waals surface area contributed by atoms with Crippen molar-refractivity contribution < 1.29 is 4.79 Å². The van der Waals surface area contributed by atoms with E-state index in [4.69, 9.17) is 5.73 Å². The topological polar surface area (TPSA) is 46.3 Å². The minimum atomic E-state index is -0.645. The van der Waals surface area contributed by atoms with Gasteiger partial charge in [-0.25, -0.2) is 0 Å². The monoisotopic (exact) mass is 332 g/mol. The molecule has 0 fully saturated rings. The van der Waals surface area contributed by atoms with E-state index in [-0.39, 0.29) is 18.3 Å². The van der Waals surface area contributed by atoms with E-state index < -0.39 is 6.04 Å². The van der Waals surface area contributed by atoms with Crippen LogP contribution >= 0.6 is 12.4 Å². The number of aryl methyl sites for hydroxylation is 1. The van der Waals surface area contributed by atoms with Crippen LogP contribution in [0.15, 0.2) is 48.5 Å². The van der Waals surface area contributed by atoms with Crippen LogP contribution in [0.5, 0.6) is 0 Å². The first-order chi connectivity index (χ1) is 10.4. The van der Waals surface area contributed by atoms with Gasteiger partial charge in [-0.05, 0) is 36.1 Å². The Labute approximate surface area is 144 Å². The summed E-state index contributed by atoms with van der Waals surface area (Å²) in [6.45, 7) is 6.29. The molecule has 0 saturated carbocycles. The Balaban J connectivity index is 0.00000264. The summed E-state index contributed by atoms with van der Waals surface area (Å²) in [5.41, 5.74) is 10.2. The zero-order valence-corrected chi connectivity index (χ0v) is 14.9. The number of hydrogen-bond acceptors (Lipinski definition) is 2. The van der Waals surface area contributed by atoms with Gasteiger partial charge >= 0.3 is 0 Å². The summed E-state index contributed by atoms with van der Waals surface area (Å²) < 4.78 is 0. The lowest BCUT2D eigenvalue weighted by atomic mass is 10.0. The molecule has 23 heavy (non-hydrogen) atoms. The van der Waals surface area contributed by atoms with E-state index in [1.54, 1.807) is 11.9 Å². The number of likely N-dealkylation sites (N-methyl/N-ethyl adjacent to an activating group) is 1. The average molecular weight is 333 g/mol. The van der Waals surface area contributed by atoms with Gasteiger partial charge in [0.2, 0.25) is 5.91 Å². The number of benzene rings is 2. The van der Waals surface area contributed by atoms with E-state index in [1.165, 1.54) is 5.56 Å². The van der Waals surface area contributed by atoms with Crippen LogP contribution in [0.25, 0.3) is 0 Å². The van der Waals surface area contributed by atoms with Crippen molar-refractivity contribution >= 4 is 24.0 Å². The van der Waals surface area contributed by atoms with Gasteiger partial charge in [0.05, 0.1) is 0 Å². The predicted octanol–water partition coefficient (Wildman–Crippen LogP) is 4.20. The van der Waals surface area contributed by atoms with Gasteiger partial charge < -0.3 is 10.6 Å². The fourth-order valence-electron chi connectivity index (χ4n) is 2.34. The molecule has 124 valence electrons. The zero-order chi connectivity index (χ0) is 16.3. The molecule has 0 radical (unpaired) electrons. The molecule has 1 amide bonds. The van der Waals surface area contributed by atoms with E-state index in [0.717, 1.165) is 16.8 Å². The number of nitrogens with two attached hydrogens (primary N) is 1. The molecule has 0 heterocycles. The van der Waals surface area contributed by atoms with Crippen molar-refractivity contribution in [3.05, 3.63) is 65.2 Å². The lowest BCUT2D eigenvalue weighted by molar-refractivity contribution is -0.119. The molecule has 0 aromatic heterocycles. The third kappa shape index (κ3) is 4.57. The van der Waals surface area contributed by atoms with Gasteiger partial charge in [0.25, 0.3) is 0 Å². The third-order valence-corrected chi connectivity index (χ3v) is 3.96. The molecule has 3 nitrogen and oxygen atoms in total. The van der Waals surface area contributed by atoms with Crippen LogP contribution in [0, 0.1) is 6.92 Å². The number of nitrogens with zero attached hydrogens (tertiary/aromatic N) is 1. The number of carbonyl (C=O) groups excluding carboxylic acids is 1. The minimum absolute atomic E-state index is 0. The Hall–Kier alpha value is -1.84. The SMILES string of the molecule is Cc1ccc(C(N)C(=O)N(C)c2cccc(C(C)C)c2)cc1.Cl. The standard InChI is InChI=1S/C19H24N2O.ClH/c1-13(2)16-6-5-7-17(12-16)21(4)19(22)18(20)15-10-8-14(3)9-11-15;/h5-13,18H,20H2,1-4H3;1H. The molecule has 2 aromatic rings. The lowest BCUT2D eigenvalue weighted by Crippen LogP contribution is -2.35. The minimum Gasteiger partial charge on any atom is -0.316 e. The fraction of sp³-hybridized carbons (Fsp3) is 0.316. The molecular weight excluding hydrogens is 308 g/mol. The summed E-state index contributed by atoms with van der Waals surface area (Å²) in [7, 11) is 1.77. The molecule has 4 heteroatoms. The first kappa shape index (κ1) is 19.2. The maximum Gasteiger partial charge on any atom is 0.248 e. The van der Waals surface area contributed by atoms with Gasteiger partial charge in [0.1, 0.15) is 6.04 Å². The first-order valence-corrected chi connectivity index (χ1v) is 7.60. The van der Waals surface area contributed by atoms with Crippen LogP contribution in [0.4, 0.5) is 5.69 Å². The van der Waals surface area contributed by atoms with Crippen LogP contribution in [0.3, 0.4) is 0 Å². The van der Waals surface area contributed by atoms with Crippen LogP contribution < -0.4 is 10.6 Å². The summed E-state index contributed by atoms with van der Waals surface area (Å²) in [5.74, 6) is 0.319. The fourth-order valence-corrected chi connectivity index (χ4v) is 2.34. The Morgan fingerprint density at radius 2 is 1.65 bits per heavy atom. The number of hydrogen-bond donors (Lipinski definition) is 1. The normalized spacial score (nSPS) is 11.7. The lowest BCUT2D eigenvalue weighted by Gasteiger charge is -2.22. The summed E-state index contributed by atoms with van der Waals surface area (Å²) in [5, 5.41) is 0. The largest absolute Gasteiger partial charge is 0.316 e. The second kappa shape index (κ2) is 8.14. The van der Waals surface area contributed by atoms with Gasteiger partial charge in [-0.1, -0.05) is 55.8 Å². The number of amides is 1. The third-order valence-electron chi connectivity index (χ3n) is 3.96. The summed E-state index contributed by atoms with van der Waals surface area (Å²) in [6, 6.07) is 15.2. The molecule has 0 aliphatic heterocycles. The van der Waals surface area contributed by atoms with Crippen molar-refractivity contribution in [1.29, 1.82) is 0 Å². The summed E-state index contributed by atoms with van der Waals surface area (Å²) >= 11 is 0. The number of carbonyl (C=O) groups is 1. The van der Waals surface area contributed by atoms with Crippen LogP contribution in [0.2, 0.25) is 0 Å². The molecule has 2 rings (SSSR count). The van der Waals surface area contributed by atoms with E-state index in [1.807, 2.05) is 49.4 Å². The molecule has 0 aliphatic carbocycles. The highest BCUT2D eigenvalue weighted by Gasteiger charge is 2.21. The molecule has 0 spiro atoms. The molecule has 0 aliphatic rings. The number of rotatable bonds is 4. The maximum absolute atomic E-state index is 12.6. The molecule has 0 saturated heterocycles. The Morgan fingerprint density at radius 1 is 1.04 bits per heavy atom. The van der Waals surface area contributed by atoms with Crippen molar-refractivity contribution in [1.82, 2.24) is 0 Å². The highest BCUT2D eigenvalue weighted by molar-refractivity contribution is 5.97. The van der Waals surface area contributed by atoms with E-state index in [2.05, 4.69) is 19.9 Å². The Bertz CT molecular complexity index is 653. The average Bonchev–Trinajstić information content (AvgIpc) is 2.53. The van der Waals surface area contributed by atoms with Crippen LogP contribution in [0.1, 0.15) is 42.5 Å². The highest BCUT2D eigenvalue weighted by Crippen LogP contribution is 2.23. The van der Waals surface area contributed by atoms with Crippen molar-refractivity contribution in [2.45, 2.75) is 32.7 Å². The van der Waals surface area contributed by atoms with Crippen molar-refractivity contribution in [3.63, 3.8) is 0 Å². The first-order valence-electron chi connectivity index (χ1n) is 7.60. The second-order valence-corrected chi connectivity index (χ2v) is 6.04. The van der Waals surface area contributed by atoms with Gasteiger partial charge in [0.15, 0.2) is 0 Å². The van der Waals surface area contributed by atoms with Gasteiger partial charge in [-0.15, -0.1) is 12.4 Å². The molecular formula is C19H25ClN2O. The summed E-state index contributed by atoms with van der Waals surface area (Å²) in [4.78, 5) is 14.2. The second-order valence-electron chi connectivity index (χ2n) is 6.04. The summed E-state index contributed by atoms with van der Waals surface area (Å²) in [6.07, 6.45) is 0. The quantitative estimate of drug-likeness (QED) is 0.911. The Kier molecular flexibility index (Phi) is 6.79. The van der Waals surface area contributed by atoms with E-state index >= 15 is 0 Å². The molecule has 2 N–H and O–H groups in total. The zero-order valence-electron chi connectivity index (χ0n) is 14.1. The van der Waals surface area contributed by atoms with Gasteiger partial charge in [-0.2, -0.15) is 0 Å². The number of halogens is 1. The van der Waals surface area contributed by atoms with Crippen LogP contribution in [-0.2, 0) is 4.79 Å². The van der Waals surface area contributed by atoms with Crippen molar-refractivity contribution in [3.8, 4) is 0 Å². The molecule has 1 unspecified atom stereocenters. The highest BCUT2D eigenvalue weighted by atomic mass is 35.5. The predicted molar refractivity (Wildman–Crippen MR) is 99.3 cm³/mol. The smallest absolute Gasteiger partial charge is 0.248 e. The number of anilines is 1. The Morgan fingerprint density at radius 3 is 2.22 bits per heavy atom. The molecule has 2 aromatic carbocycles. The van der Waals surface area contributed by atoms with E-state index in [9.17, 15) is 4.79 Å². The van der Waals surface area contributed by atoms with Crippen molar-refractivity contribution in [2.24, 2.45) is 5.73 Å².